The summed E-state index contributed by atoms with van der Waals surface area (Å²) in [7, 11) is 0. The van der Waals surface area contributed by atoms with Gasteiger partial charge in [-0.15, -0.1) is 11.3 Å². The third-order valence-corrected chi connectivity index (χ3v) is 10.7. The van der Waals surface area contributed by atoms with Crippen molar-refractivity contribution in [3.05, 3.63) is 182 Å². The molecule has 54 heavy (non-hydrogen) atoms. The second-order valence-corrected chi connectivity index (χ2v) is 13.8. The van der Waals surface area contributed by atoms with Crippen LogP contribution in [0.1, 0.15) is 17.8 Å². The molecule has 8 aromatic carbocycles. The van der Waals surface area contributed by atoms with Gasteiger partial charge in [-0.1, -0.05) is 151 Å². The van der Waals surface area contributed by atoms with Crippen molar-refractivity contribution in [3.63, 3.8) is 0 Å². The van der Waals surface area contributed by atoms with Crippen molar-refractivity contribution >= 4 is 64.4 Å². The molecular formula is C50H30N2OS. The number of thiophene rings is 1. The number of rotatable bonds is 5. The molecule has 0 saturated heterocycles. The Hall–Kier alpha value is -6.88. The molecule has 0 radical (unpaired) electrons. The van der Waals surface area contributed by atoms with Crippen molar-refractivity contribution in [1.82, 2.24) is 9.97 Å². The molecule has 0 aliphatic heterocycles. The van der Waals surface area contributed by atoms with E-state index in [1.807, 2.05) is 66.7 Å². The highest BCUT2D eigenvalue weighted by Gasteiger charge is 2.20. The number of hydrogen-bond acceptors (Lipinski definition) is 4. The van der Waals surface area contributed by atoms with Gasteiger partial charge in [-0.05, 0) is 74.5 Å². The Morgan fingerprint density at radius 1 is 0.481 bits per heavy atom. The van der Waals surface area contributed by atoms with Gasteiger partial charge in [0.05, 0.1) is 33.7 Å². The van der Waals surface area contributed by atoms with Crippen molar-refractivity contribution in [2.75, 3.05) is 0 Å². The van der Waals surface area contributed by atoms with Crippen LogP contribution in [-0.4, -0.2) is 9.97 Å². The minimum atomic E-state index is -0.784. The highest BCUT2D eigenvalue weighted by atomic mass is 32.1. The predicted molar refractivity (Wildman–Crippen MR) is 227 cm³/mol. The molecular weight excluding hydrogens is 677 g/mol. The van der Waals surface area contributed by atoms with Gasteiger partial charge in [-0.3, -0.25) is 0 Å². The normalized spacial score (nSPS) is 15.1. The lowest BCUT2D eigenvalue weighted by atomic mass is 9.98. The van der Waals surface area contributed by atoms with E-state index < -0.39 is 101 Å². The Labute approximate surface area is 333 Å². The summed E-state index contributed by atoms with van der Waals surface area (Å²) in [5.74, 6) is 0.235. The highest BCUT2D eigenvalue weighted by Crippen LogP contribution is 2.43. The molecule has 11 rings (SSSR count). The van der Waals surface area contributed by atoms with E-state index >= 15 is 0 Å². The summed E-state index contributed by atoms with van der Waals surface area (Å²) < 4.78 is 123. The lowest BCUT2D eigenvalue weighted by Gasteiger charge is -2.10. The van der Waals surface area contributed by atoms with Crippen molar-refractivity contribution < 1.29 is 22.2 Å². The van der Waals surface area contributed by atoms with Crippen LogP contribution in [-0.2, 0) is 0 Å². The average molecular weight is 720 g/mol. The fourth-order valence-corrected chi connectivity index (χ4v) is 8.07. The summed E-state index contributed by atoms with van der Waals surface area (Å²) in [4.78, 5) is 10.2. The largest absolute Gasteiger partial charge is 0.456 e. The average Bonchev–Trinajstić information content (AvgIpc) is 3.92. The minimum Gasteiger partial charge on any atom is -0.456 e. The van der Waals surface area contributed by atoms with Crippen LogP contribution in [0.25, 0.3) is 109 Å². The van der Waals surface area contributed by atoms with Crippen LogP contribution in [0.5, 0.6) is 0 Å². The minimum absolute atomic E-state index is 0.113. The number of nitrogens with zero attached hydrogens (tertiary/aromatic N) is 2. The van der Waals surface area contributed by atoms with Crippen molar-refractivity contribution in [2.45, 2.75) is 0 Å². The molecule has 0 spiro atoms. The molecule has 3 nitrogen and oxygen atoms in total. The number of benzene rings is 8. The van der Waals surface area contributed by atoms with Gasteiger partial charge in [0, 0.05) is 32.0 Å². The van der Waals surface area contributed by atoms with Gasteiger partial charge in [0.2, 0.25) is 0 Å². The third kappa shape index (κ3) is 5.11. The quantitative estimate of drug-likeness (QED) is 0.178. The van der Waals surface area contributed by atoms with Gasteiger partial charge in [-0.25, -0.2) is 9.97 Å². The van der Waals surface area contributed by atoms with Crippen molar-refractivity contribution in [1.29, 1.82) is 0 Å². The summed E-state index contributed by atoms with van der Waals surface area (Å²) in [5, 5.41) is 4.55. The summed E-state index contributed by atoms with van der Waals surface area (Å²) in [6.07, 6.45) is 0. The van der Waals surface area contributed by atoms with Crippen LogP contribution in [0.15, 0.2) is 186 Å². The first-order chi connectivity index (χ1) is 32.2. The summed E-state index contributed by atoms with van der Waals surface area (Å²) in [5.41, 5.74) is 2.09. The molecule has 0 saturated carbocycles. The molecule has 0 atom stereocenters. The van der Waals surface area contributed by atoms with Crippen molar-refractivity contribution in [3.8, 4) is 56.0 Å². The monoisotopic (exact) mass is 719 g/mol. The Bertz CT molecular complexity index is 3910. The van der Waals surface area contributed by atoms with Crippen LogP contribution >= 0.6 is 11.3 Å². The first kappa shape index (κ1) is 20.4. The maximum absolute atomic E-state index is 9.48. The van der Waals surface area contributed by atoms with Gasteiger partial charge in [0.1, 0.15) is 11.2 Å². The van der Waals surface area contributed by atoms with Crippen LogP contribution in [0.4, 0.5) is 0 Å². The lowest BCUT2D eigenvalue weighted by Crippen LogP contribution is -1.94. The molecule has 0 unspecified atom stereocenters. The Morgan fingerprint density at radius 3 is 1.94 bits per heavy atom. The Balaban J connectivity index is 1.13. The molecule has 3 heterocycles. The summed E-state index contributed by atoms with van der Waals surface area (Å²) in [6.45, 7) is 0. The van der Waals surface area contributed by atoms with E-state index in [1.165, 1.54) is 11.3 Å². The smallest absolute Gasteiger partial charge is 0.161 e. The zero-order valence-electron chi connectivity index (χ0n) is 41.0. The molecule has 4 heteroatoms. The molecule has 0 amide bonds. The standard InChI is InChI=1S/C50H30N2OS/c1-2-9-31(10-3-1)33-17-19-34(20-18-33)35-21-24-36(25-22-35)47-49-48(40-13-6-7-16-45(40)54-49)52-50(51-47)41-14-8-15-44-46(41)42-30-39(27-28-43(42)53-44)38-26-23-32-11-4-5-12-37(32)29-38/h1-30H/i1D,2D,3D,9D,10D,17D,18D,19D,20D,21D,22D,24D,25D. The third-order valence-electron chi connectivity index (χ3n) is 9.53. The second-order valence-electron chi connectivity index (χ2n) is 12.7. The Morgan fingerprint density at radius 2 is 1.15 bits per heavy atom. The summed E-state index contributed by atoms with van der Waals surface area (Å²) >= 11 is 1.33. The fraction of sp³-hybridized carbons (Fsp3) is 0. The topological polar surface area (TPSA) is 38.9 Å². The Kier molecular flexibility index (Phi) is 4.67. The van der Waals surface area contributed by atoms with Crippen LogP contribution in [0, 0.1) is 0 Å². The highest BCUT2D eigenvalue weighted by molar-refractivity contribution is 7.26. The van der Waals surface area contributed by atoms with Gasteiger partial charge >= 0.3 is 0 Å². The molecule has 0 bridgehead atoms. The molecule has 0 aliphatic rings. The van der Waals surface area contributed by atoms with Gasteiger partial charge < -0.3 is 4.42 Å². The molecule has 11 aromatic rings. The number of furan rings is 1. The molecule has 3 aromatic heterocycles. The fourth-order valence-electron chi connectivity index (χ4n) is 6.94. The van der Waals surface area contributed by atoms with E-state index in [-0.39, 0.29) is 17.1 Å². The summed E-state index contributed by atoms with van der Waals surface area (Å²) in [6, 6.07) is 24.4. The first-order valence-corrected chi connectivity index (χ1v) is 17.9. The molecule has 0 aliphatic carbocycles. The SMILES string of the molecule is [2H]c1c([2H])c([2H])c(-c2c([2H])c([2H])c(-c3c([2H])c([2H])c(-c4nc(-c5cccc6oc7ccc(-c8ccc9ccccc9c8)cc7c56)nc5c4sc4ccccc45)c([2H])c3[2H])c([2H])c2[2H])c([2H])c1[2H]. The van der Waals surface area contributed by atoms with E-state index in [0.717, 1.165) is 42.8 Å². The van der Waals surface area contributed by atoms with Gasteiger partial charge in [0.25, 0.3) is 0 Å². The zero-order chi connectivity index (χ0) is 46.9. The molecule has 0 N–H and O–H groups in total. The van der Waals surface area contributed by atoms with Crippen molar-refractivity contribution in [2.24, 2.45) is 0 Å². The molecule has 252 valence electrons. The van der Waals surface area contributed by atoms with Gasteiger partial charge in [0.15, 0.2) is 5.82 Å². The van der Waals surface area contributed by atoms with E-state index in [9.17, 15) is 5.48 Å². The number of fused-ring (bicyclic) bond motifs is 7. The van der Waals surface area contributed by atoms with E-state index in [1.54, 1.807) is 0 Å². The van der Waals surface area contributed by atoms with E-state index in [0.29, 0.717) is 26.9 Å². The van der Waals surface area contributed by atoms with Gasteiger partial charge in [-0.2, -0.15) is 0 Å². The van der Waals surface area contributed by atoms with E-state index in [2.05, 4.69) is 36.4 Å². The number of hydrogen-bond donors (Lipinski definition) is 0. The zero-order valence-corrected chi connectivity index (χ0v) is 28.8. The van der Waals surface area contributed by atoms with Crippen LogP contribution < -0.4 is 0 Å². The first-order valence-electron chi connectivity index (χ1n) is 23.6. The van der Waals surface area contributed by atoms with E-state index in [4.69, 9.17) is 26.7 Å². The maximum Gasteiger partial charge on any atom is 0.161 e. The second kappa shape index (κ2) is 12.4. The predicted octanol–water partition coefficient (Wildman–Crippen LogP) is 14.2. The maximum atomic E-state index is 9.48. The number of aromatic nitrogens is 2. The molecule has 0 fully saturated rings. The lowest BCUT2D eigenvalue weighted by molar-refractivity contribution is 0.669. The van der Waals surface area contributed by atoms with Crippen LogP contribution in [0.2, 0.25) is 0 Å². The van der Waals surface area contributed by atoms with Crippen LogP contribution in [0.3, 0.4) is 0 Å².